The SMILES string of the molecule is COc1ccc(/C=C/C(=O)OCC(=O)Nc2ccc3c(c2)OCO3)cc1OC. The number of anilines is 1. The fraction of sp³-hybridized carbons (Fsp3) is 0.200. The van der Waals surface area contributed by atoms with E-state index in [4.69, 9.17) is 23.7 Å². The minimum absolute atomic E-state index is 0.150. The first-order valence-corrected chi connectivity index (χ1v) is 8.35. The molecule has 1 aliphatic rings. The van der Waals surface area contributed by atoms with Gasteiger partial charge in [-0.1, -0.05) is 6.07 Å². The van der Waals surface area contributed by atoms with E-state index in [0.29, 0.717) is 28.7 Å². The molecular weight excluding hydrogens is 366 g/mol. The van der Waals surface area contributed by atoms with E-state index in [1.807, 2.05) is 0 Å². The Kier molecular flexibility index (Phi) is 6.01. The number of nitrogens with one attached hydrogen (secondary N) is 1. The van der Waals surface area contributed by atoms with Gasteiger partial charge in [0.05, 0.1) is 14.2 Å². The van der Waals surface area contributed by atoms with E-state index >= 15 is 0 Å². The zero-order chi connectivity index (χ0) is 19.9. The van der Waals surface area contributed by atoms with E-state index in [-0.39, 0.29) is 6.79 Å². The van der Waals surface area contributed by atoms with Crippen LogP contribution in [0.25, 0.3) is 6.08 Å². The van der Waals surface area contributed by atoms with Crippen molar-refractivity contribution in [2.75, 3.05) is 32.9 Å². The second-order valence-electron chi connectivity index (χ2n) is 5.67. The van der Waals surface area contributed by atoms with Gasteiger partial charge in [-0.2, -0.15) is 0 Å². The Morgan fingerprint density at radius 1 is 1.04 bits per heavy atom. The summed E-state index contributed by atoms with van der Waals surface area (Å²) in [7, 11) is 3.07. The molecule has 0 saturated carbocycles. The van der Waals surface area contributed by atoms with Crippen LogP contribution in [0.3, 0.4) is 0 Å². The summed E-state index contributed by atoms with van der Waals surface area (Å²) in [6, 6.07) is 10.2. The molecule has 146 valence electrons. The van der Waals surface area contributed by atoms with Crippen molar-refractivity contribution < 1.29 is 33.3 Å². The van der Waals surface area contributed by atoms with Gasteiger partial charge in [-0.05, 0) is 35.9 Å². The molecule has 0 aliphatic carbocycles. The number of benzene rings is 2. The average molecular weight is 385 g/mol. The molecule has 1 amide bonds. The molecule has 0 aromatic heterocycles. The fourth-order valence-electron chi connectivity index (χ4n) is 2.48. The predicted octanol–water partition coefficient (Wildman–Crippen LogP) is 2.63. The first kappa shape index (κ1) is 19.1. The molecule has 0 bridgehead atoms. The highest BCUT2D eigenvalue weighted by Crippen LogP contribution is 2.34. The second kappa shape index (κ2) is 8.81. The van der Waals surface area contributed by atoms with Gasteiger partial charge in [0.2, 0.25) is 6.79 Å². The molecular formula is C20H19NO7. The van der Waals surface area contributed by atoms with E-state index in [9.17, 15) is 9.59 Å². The van der Waals surface area contributed by atoms with Crippen molar-refractivity contribution in [1.29, 1.82) is 0 Å². The van der Waals surface area contributed by atoms with Crippen LogP contribution in [-0.2, 0) is 14.3 Å². The van der Waals surface area contributed by atoms with Crippen molar-refractivity contribution in [3.8, 4) is 23.0 Å². The summed E-state index contributed by atoms with van der Waals surface area (Å²) in [5, 5.41) is 2.62. The van der Waals surface area contributed by atoms with Crippen LogP contribution in [0.15, 0.2) is 42.5 Å². The molecule has 0 unspecified atom stereocenters. The monoisotopic (exact) mass is 385 g/mol. The van der Waals surface area contributed by atoms with E-state index in [1.54, 1.807) is 49.6 Å². The number of methoxy groups -OCH3 is 2. The third-order valence-electron chi connectivity index (χ3n) is 3.82. The first-order valence-electron chi connectivity index (χ1n) is 8.35. The van der Waals surface area contributed by atoms with E-state index in [0.717, 1.165) is 5.56 Å². The van der Waals surface area contributed by atoms with Gasteiger partial charge in [-0.25, -0.2) is 4.79 Å². The molecule has 0 radical (unpaired) electrons. The normalized spacial score (nSPS) is 11.9. The molecule has 0 atom stereocenters. The van der Waals surface area contributed by atoms with Crippen LogP contribution in [-0.4, -0.2) is 39.5 Å². The minimum Gasteiger partial charge on any atom is -0.493 e. The van der Waals surface area contributed by atoms with Crippen LogP contribution in [0.5, 0.6) is 23.0 Å². The summed E-state index contributed by atoms with van der Waals surface area (Å²) in [5.74, 6) is 1.18. The highest BCUT2D eigenvalue weighted by atomic mass is 16.7. The maximum absolute atomic E-state index is 11.9. The number of amides is 1. The summed E-state index contributed by atoms with van der Waals surface area (Å²) < 4.78 is 25.7. The Morgan fingerprint density at radius 2 is 1.82 bits per heavy atom. The molecule has 0 fully saturated rings. The predicted molar refractivity (Wildman–Crippen MR) is 101 cm³/mol. The number of hydrogen-bond acceptors (Lipinski definition) is 7. The van der Waals surface area contributed by atoms with Crippen LogP contribution in [0.4, 0.5) is 5.69 Å². The van der Waals surface area contributed by atoms with Crippen LogP contribution in [0, 0.1) is 0 Å². The lowest BCUT2D eigenvalue weighted by molar-refractivity contribution is -0.142. The van der Waals surface area contributed by atoms with Gasteiger partial charge in [0.15, 0.2) is 29.6 Å². The lowest BCUT2D eigenvalue weighted by atomic mass is 10.2. The van der Waals surface area contributed by atoms with E-state index in [2.05, 4.69) is 5.32 Å². The number of hydrogen-bond donors (Lipinski definition) is 1. The van der Waals surface area contributed by atoms with Gasteiger partial charge in [0, 0.05) is 17.8 Å². The van der Waals surface area contributed by atoms with Crippen molar-refractivity contribution in [3.05, 3.63) is 48.0 Å². The van der Waals surface area contributed by atoms with Crippen LogP contribution >= 0.6 is 0 Å². The van der Waals surface area contributed by atoms with Crippen LogP contribution in [0.2, 0.25) is 0 Å². The lowest BCUT2D eigenvalue weighted by Crippen LogP contribution is -2.20. The molecule has 0 spiro atoms. The van der Waals surface area contributed by atoms with Gasteiger partial charge in [-0.3, -0.25) is 4.79 Å². The topological polar surface area (TPSA) is 92.3 Å². The molecule has 2 aromatic carbocycles. The van der Waals surface area contributed by atoms with Crippen molar-refractivity contribution >= 4 is 23.6 Å². The number of esters is 1. The smallest absolute Gasteiger partial charge is 0.331 e. The molecule has 0 saturated heterocycles. The third kappa shape index (κ3) is 4.73. The molecule has 8 heteroatoms. The van der Waals surface area contributed by atoms with E-state index < -0.39 is 18.5 Å². The van der Waals surface area contributed by atoms with E-state index in [1.165, 1.54) is 13.2 Å². The summed E-state index contributed by atoms with van der Waals surface area (Å²) >= 11 is 0. The summed E-state index contributed by atoms with van der Waals surface area (Å²) in [5.41, 5.74) is 1.24. The van der Waals surface area contributed by atoms with Gasteiger partial charge in [0.1, 0.15) is 0 Å². The highest BCUT2D eigenvalue weighted by molar-refractivity contribution is 5.94. The minimum atomic E-state index is -0.643. The zero-order valence-electron chi connectivity index (χ0n) is 15.4. The van der Waals surface area contributed by atoms with Crippen LogP contribution < -0.4 is 24.3 Å². The van der Waals surface area contributed by atoms with Gasteiger partial charge in [-0.15, -0.1) is 0 Å². The largest absolute Gasteiger partial charge is 0.493 e. The van der Waals surface area contributed by atoms with Gasteiger partial charge >= 0.3 is 5.97 Å². The molecule has 1 N–H and O–H groups in total. The molecule has 28 heavy (non-hydrogen) atoms. The summed E-state index contributed by atoms with van der Waals surface area (Å²) in [6.07, 6.45) is 2.79. The zero-order valence-corrected chi connectivity index (χ0v) is 15.4. The average Bonchev–Trinajstić information content (AvgIpc) is 3.18. The highest BCUT2D eigenvalue weighted by Gasteiger charge is 2.14. The maximum atomic E-state index is 11.9. The maximum Gasteiger partial charge on any atom is 0.331 e. The van der Waals surface area contributed by atoms with Gasteiger partial charge < -0.3 is 29.0 Å². The summed E-state index contributed by atoms with van der Waals surface area (Å²) in [6.45, 7) is -0.264. The number of fused-ring (bicyclic) bond motifs is 1. The Labute approximate surface area is 161 Å². The van der Waals surface area contributed by atoms with Crippen molar-refractivity contribution in [2.24, 2.45) is 0 Å². The quantitative estimate of drug-likeness (QED) is 0.579. The Bertz CT molecular complexity index is 907. The molecule has 1 heterocycles. The number of carbonyl (C=O) groups excluding carboxylic acids is 2. The Hall–Kier alpha value is -3.68. The van der Waals surface area contributed by atoms with Crippen molar-refractivity contribution in [3.63, 3.8) is 0 Å². The molecule has 2 aromatic rings. The number of rotatable bonds is 7. The molecule has 3 rings (SSSR count). The third-order valence-corrected chi connectivity index (χ3v) is 3.82. The molecule has 8 nitrogen and oxygen atoms in total. The van der Waals surface area contributed by atoms with Crippen molar-refractivity contribution in [2.45, 2.75) is 0 Å². The Balaban J connectivity index is 1.49. The summed E-state index contributed by atoms with van der Waals surface area (Å²) in [4.78, 5) is 23.8. The Morgan fingerprint density at radius 3 is 2.61 bits per heavy atom. The molecule has 1 aliphatic heterocycles. The lowest BCUT2D eigenvalue weighted by Gasteiger charge is -2.07. The van der Waals surface area contributed by atoms with Crippen LogP contribution in [0.1, 0.15) is 5.56 Å². The standard InChI is InChI=1S/C20H19NO7/c1-24-15-6-3-13(9-17(15)25-2)4-8-20(23)26-11-19(22)21-14-5-7-16-18(10-14)28-12-27-16/h3-10H,11-12H2,1-2H3,(H,21,22)/b8-4+. The number of carbonyl (C=O) groups is 2. The number of ether oxygens (including phenoxy) is 5. The van der Waals surface area contributed by atoms with Crippen molar-refractivity contribution in [1.82, 2.24) is 0 Å². The van der Waals surface area contributed by atoms with Gasteiger partial charge in [0.25, 0.3) is 5.91 Å². The first-order chi connectivity index (χ1) is 13.6. The second-order valence-corrected chi connectivity index (χ2v) is 5.67. The fourth-order valence-corrected chi connectivity index (χ4v) is 2.48.